The van der Waals surface area contributed by atoms with Crippen LogP contribution in [0.4, 0.5) is 13.2 Å². The molecular weight excluding hydrogens is 307 g/mol. The Labute approximate surface area is 113 Å². The molecule has 1 aromatic rings. The molecule has 2 N–H and O–H groups in total. The summed E-state index contributed by atoms with van der Waals surface area (Å²) in [4.78, 5) is 0. The highest BCUT2D eigenvalue weighted by Gasteiger charge is 2.37. The summed E-state index contributed by atoms with van der Waals surface area (Å²) < 4.78 is 42.1. The van der Waals surface area contributed by atoms with E-state index in [9.17, 15) is 13.2 Å². The SMILES string of the molecule is NC1CCCC(F)(Cc2c(F)ccc(Br)c2F)C1. The zero-order chi connectivity index (χ0) is 13.3. The second-order valence-corrected chi connectivity index (χ2v) is 5.86. The van der Waals surface area contributed by atoms with Crippen LogP contribution in [0, 0.1) is 11.6 Å². The molecule has 1 nitrogen and oxygen atoms in total. The van der Waals surface area contributed by atoms with Crippen molar-refractivity contribution in [3.8, 4) is 0 Å². The topological polar surface area (TPSA) is 26.0 Å². The molecule has 18 heavy (non-hydrogen) atoms. The van der Waals surface area contributed by atoms with Crippen molar-refractivity contribution < 1.29 is 13.2 Å². The predicted octanol–water partition coefficient (Wildman–Crippen LogP) is 3.88. The zero-order valence-corrected chi connectivity index (χ0v) is 11.4. The summed E-state index contributed by atoms with van der Waals surface area (Å²) in [5, 5.41) is 0. The molecular formula is C13H15BrF3N. The highest BCUT2D eigenvalue weighted by atomic mass is 79.9. The Kier molecular flexibility index (Phi) is 4.02. The Bertz CT molecular complexity index is 452. The van der Waals surface area contributed by atoms with Gasteiger partial charge in [-0.05, 0) is 53.7 Å². The van der Waals surface area contributed by atoms with Gasteiger partial charge in [-0.1, -0.05) is 0 Å². The van der Waals surface area contributed by atoms with Crippen molar-refractivity contribution in [2.24, 2.45) is 5.73 Å². The molecule has 0 aromatic heterocycles. The van der Waals surface area contributed by atoms with Crippen LogP contribution >= 0.6 is 15.9 Å². The Balaban J connectivity index is 2.25. The molecule has 0 spiro atoms. The molecule has 0 amide bonds. The zero-order valence-electron chi connectivity index (χ0n) is 9.86. The lowest BCUT2D eigenvalue weighted by atomic mass is 9.79. The Hall–Kier alpha value is -0.550. The Morgan fingerprint density at radius 1 is 1.39 bits per heavy atom. The summed E-state index contributed by atoms with van der Waals surface area (Å²) in [6, 6.07) is 2.21. The third-order valence-corrected chi connectivity index (χ3v) is 4.07. The van der Waals surface area contributed by atoms with E-state index in [1.807, 2.05) is 0 Å². The first-order valence-corrected chi connectivity index (χ1v) is 6.77. The smallest absolute Gasteiger partial charge is 0.143 e. The monoisotopic (exact) mass is 321 g/mol. The van der Waals surface area contributed by atoms with E-state index in [4.69, 9.17) is 5.73 Å². The van der Waals surface area contributed by atoms with Gasteiger partial charge < -0.3 is 5.73 Å². The number of hydrogen-bond donors (Lipinski definition) is 1. The summed E-state index contributed by atoms with van der Waals surface area (Å²) in [6.07, 6.45) is 1.66. The van der Waals surface area contributed by atoms with Crippen LogP contribution in [0.3, 0.4) is 0 Å². The van der Waals surface area contributed by atoms with Gasteiger partial charge in [0.1, 0.15) is 17.3 Å². The van der Waals surface area contributed by atoms with Crippen LogP contribution in [0.25, 0.3) is 0 Å². The lowest BCUT2D eigenvalue weighted by Crippen LogP contribution is -2.39. The van der Waals surface area contributed by atoms with Crippen molar-refractivity contribution in [1.82, 2.24) is 0 Å². The third-order valence-electron chi connectivity index (χ3n) is 3.46. The summed E-state index contributed by atoms with van der Waals surface area (Å²) in [6.45, 7) is 0. The van der Waals surface area contributed by atoms with Gasteiger partial charge in [-0.3, -0.25) is 0 Å². The number of rotatable bonds is 2. The first-order chi connectivity index (χ1) is 8.41. The maximum absolute atomic E-state index is 14.6. The van der Waals surface area contributed by atoms with Crippen molar-refractivity contribution in [2.45, 2.75) is 43.8 Å². The molecule has 2 unspecified atom stereocenters. The van der Waals surface area contributed by atoms with E-state index in [2.05, 4.69) is 15.9 Å². The molecule has 1 fully saturated rings. The van der Waals surface area contributed by atoms with Crippen molar-refractivity contribution in [1.29, 1.82) is 0 Å². The first-order valence-electron chi connectivity index (χ1n) is 5.98. The summed E-state index contributed by atoms with van der Waals surface area (Å²) in [5.41, 5.74) is 3.94. The second-order valence-electron chi connectivity index (χ2n) is 5.01. The van der Waals surface area contributed by atoms with Gasteiger partial charge in [-0.2, -0.15) is 0 Å². The van der Waals surface area contributed by atoms with E-state index < -0.39 is 17.3 Å². The molecule has 0 heterocycles. The molecule has 2 rings (SSSR count). The van der Waals surface area contributed by atoms with Crippen LogP contribution in [0.5, 0.6) is 0 Å². The molecule has 2 atom stereocenters. The number of halogens is 4. The van der Waals surface area contributed by atoms with Crippen LogP contribution in [-0.2, 0) is 6.42 Å². The van der Waals surface area contributed by atoms with Crippen LogP contribution in [0.15, 0.2) is 16.6 Å². The van der Waals surface area contributed by atoms with Crippen LogP contribution in [-0.4, -0.2) is 11.7 Å². The quantitative estimate of drug-likeness (QED) is 0.822. The molecule has 100 valence electrons. The molecule has 0 saturated heterocycles. The minimum atomic E-state index is -1.60. The number of nitrogens with two attached hydrogens (primary N) is 1. The van der Waals surface area contributed by atoms with E-state index in [1.54, 1.807) is 0 Å². The van der Waals surface area contributed by atoms with Gasteiger partial charge in [0.05, 0.1) is 4.47 Å². The van der Waals surface area contributed by atoms with Gasteiger partial charge in [0, 0.05) is 18.0 Å². The lowest BCUT2D eigenvalue weighted by molar-refractivity contribution is 0.0943. The third kappa shape index (κ3) is 2.88. The molecule has 0 aliphatic heterocycles. The minimum absolute atomic E-state index is 0.155. The fourth-order valence-electron chi connectivity index (χ4n) is 2.56. The van der Waals surface area contributed by atoms with E-state index >= 15 is 0 Å². The van der Waals surface area contributed by atoms with Gasteiger partial charge in [0.2, 0.25) is 0 Å². The van der Waals surface area contributed by atoms with Crippen molar-refractivity contribution in [3.05, 3.63) is 33.8 Å². The van der Waals surface area contributed by atoms with Gasteiger partial charge >= 0.3 is 0 Å². The predicted molar refractivity (Wildman–Crippen MR) is 68.0 cm³/mol. The normalized spacial score (nSPS) is 28.4. The number of benzene rings is 1. The molecule has 0 radical (unpaired) electrons. The van der Waals surface area contributed by atoms with Crippen molar-refractivity contribution in [2.75, 3.05) is 0 Å². The van der Waals surface area contributed by atoms with Gasteiger partial charge in [-0.15, -0.1) is 0 Å². The van der Waals surface area contributed by atoms with Crippen molar-refractivity contribution in [3.63, 3.8) is 0 Å². The largest absolute Gasteiger partial charge is 0.328 e. The number of hydrogen-bond acceptors (Lipinski definition) is 1. The van der Waals surface area contributed by atoms with E-state index in [-0.39, 0.29) is 28.9 Å². The average Bonchev–Trinajstić information content (AvgIpc) is 2.29. The summed E-state index contributed by atoms with van der Waals surface area (Å²) >= 11 is 2.99. The highest BCUT2D eigenvalue weighted by molar-refractivity contribution is 9.10. The molecule has 1 aliphatic carbocycles. The molecule has 0 bridgehead atoms. The standard InChI is InChI=1S/C13H15BrF3N/c14-10-3-4-11(15)9(12(10)16)7-13(17)5-1-2-8(18)6-13/h3-4,8H,1-2,5-7,18H2. The fraction of sp³-hybridized carbons (Fsp3) is 0.538. The number of alkyl halides is 1. The molecule has 1 aliphatic rings. The maximum Gasteiger partial charge on any atom is 0.143 e. The van der Waals surface area contributed by atoms with Gasteiger partial charge in [0.25, 0.3) is 0 Å². The lowest BCUT2D eigenvalue weighted by Gasteiger charge is -2.33. The first kappa shape index (κ1) is 13.9. The van der Waals surface area contributed by atoms with Crippen LogP contribution in [0.2, 0.25) is 0 Å². The molecule has 1 saturated carbocycles. The molecule has 5 heteroatoms. The van der Waals surface area contributed by atoms with Gasteiger partial charge in [-0.25, -0.2) is 13.2 Å². The van der Waals surface area contributed by atoms with Gasteiger partial charge in [0.15, 0.2) is 0 Å². The highest BCUT2D eigenvalue weighted by Crippen LogP contribution is 2.36. The molecule has 1 aromatic carbocycles. The second kappa shape index (κ2) is 5.21. The average molecular weight is 322 g/mol. The Morgan fingerprint density at radius 2 is 2.11 bits per heavy atom. The van der Waals surface area contributed by atoms with Crippen LogP contribution in [0.1, 0.15) is 31.2 Å². The maximum atomic E-state index is 14.6. The van der Waals surface area contributed by atoms with Crippen LogP contribution < -0.4 is 5.73 Å². The van der Waals surface area contributed by atoms with E-state index in [0.717, 1.165) is 12.5 Å². The Morgan fingerprint density at radius 3 is 2.78 bits per heavy atom. The summed E-state index contributed by atoms with van der Waals surface area (Å²) in [7, 11) is 0. The van der Waals surface area contributed by atoms with E-state index in [0.29, 0.717) is 12.8 Å². The fourth-order valence-corrected chi connectivity index (χ4v) is 2.94. The summed E-state index contributed by atoms with van der Waals surface area (Å²) in [5.74, 6) is -1.42. The van der Waals surface area contributed by atoms with E-state index in [1.165, 1.54) is 6.07 Å². The minimum Gasteiger partial charge on any atom is -0.328 e. The van der Waals surface area contributed by atoms with Crippen molar-refractivity contribution >= 4 is 15.9 Å².